The third kappa shape index (κ3) is 3.96. The Hall–Kier alpha value is -2.74. The molecule has 0 aliphatic rings. The van der Waals surface area contributed by atoms with E-state index in [-0.39, 0.29) is 6.03 Å². The van der Waals surface area contributed by atoms with Gasteiger partial charge in [-0.2, -0.15) is 0 Å². The summed E-state index contributed by atoms with van der Waals surface area (Å²) in [7, 11) is 1.74. The van der Waals surface area contributed by atoms with E-state index < -0.39 is 0 Å². The number of imidazole rings is 1. The molecule has 0 unspecified atom stereocenters. The maximum absolute atomic E-state index is 12.2. The van der Waals surface area contributed by atoms with Crippen LogP contribution in [0.2, 0.25) is 0 Å². The molecule has 0 saturated carbocycles. The van der Waals surface area contributed by atoms with Gasteiger partial charge in [-0.15, -0.1) is 10.2 Å². The molecule has 0 fully saturated rings. The van der Waals surface area contributed by atoms with Crippen molar-refractivity contribution >= 4 is 17.4 Å². The molecule has 0 aliphatic carbocycles. The quantitative estimate of drug-likeness (QED) is 0.772. The maximum Gasteiger partial charge on any atom is 0.317 e. The highest BCUT2D eigenvalue weighted by molar-refractivity contribution is 7.11. The molecule has 3 aromatic rings. The lowest BCUT2D eigenvalue weighted by atomic mass is 10.2. The number of aryl methyl sites for hydroxylation is 1. The Labute approximate surface area is 144 Å². The Morgan fingerprint density at radius 3 is 2.96 bits per heavy atom. The van der Waals surface area contributed by atoms with Crippen molar-refractivity contribution in [3.8, 4) is 5.69 Å². The first-order chi connectivity index (χ1) is 11.6. The number of nitrogens with one attached hydrogen (secondary N) is 1. The Balaban J connectivity index is 1.57. The number of amides is 2. The third-order valence-corrected chi connectivity index (χ3v) is 4.27. The van der Waals surface area contributed by atoms with Gasteiger partial charge >= 0.3 is 6.03 Å². The fourth-order valence-electron chi connectivity index (χ4n) is 2.23. The second-order valence-corrected chi connectivity index (χ2v) is 6.64. The van der Waals surface area contributed by atoms with Crippen LogP contribution >= 0.6 is 11.3 Å². The molecule has 124 valence electrons. The van der Waals surface area contributed by atoms with Crippen molar-refractivity contribution in [2.75, 3.05) is 7.05 Å². The van der Waals surface area contributed by atoms with Gasteiger partial charge < -0.3 is 14.8 Å². The topological polar surface area (TPSA) is 75.9 Å². The summed E-state index contributed by atoms with van der Waals surface area (Å²) in [5.74, 6) is 0. The maximum atomic E-state index is 12.2. The molecule has 0 bridgehead atoms. The number of benzene rings is 1. The Morgan fingerprint density at radius 1 is 1.38 bits per heavy atom. The predicted octanol–water partition coefficient (Wildman–Crippen LogP) is 2.37. The van der Waals surface area contributed by atoms with Crippen LogP contribution in [0.15, 0.2) is 43.0 Å². The zero-order valence-electron chi connectivity index (χ0n) is 13.5. The number of carbonyl (C=O) groups is 1. The molecule has 0 radical (unpaired) electrons. The SMILES string of the molecule is Cc1nnc(CN(C)C(=O)NCc2cccc(-n3ccnc3)c2)s1. The molecule has 0 aliphatic heterocycles. The molecule has 0 spiro atoms. The van der Waals surface area contributed by atoms with E-state index in [1.165, 1.54) is 11.3 Å². The number of aromatic nitrogens is 4. The lowest BCUT2D eigenvalue weighted by Crippen LogP contribution is -2.36. The van der Waals surface area contributed by atoms with E-state index in [2.05, 4.69) is 20.5 Å². The highest BCUT2D eigenvalue weighted by Gasteiger charge is 2.11. The molecule has 1 aromatic carbocycles. The molecular formula is C16H18N6OS. The van der Waals surface area contributed by atoms with Crippen molar-refractivity contribution in [1.82, 2.24) is 30.0 Å². The minimum absolute atomic E-state index is 0.143. The van der Waals surface area contributed by atoms with Gasteiger partial charge in [-0.25, -0.2) is 9.78 Å². The summed E-state index contributed by atoms with van der Waals surface area (Å²) in [6.45, 7) is 2.81. The summed E-state index contributed by atoms with van der Waals surface area (Å²) in [4.78, 5) is 17.8. The van der Waals surface area contributed by atoms with Gasteiger partial charge in [-0.3, -0.25) is 0 Å². The van der Waals surface area contributed by atoms with Crippen LogP contribution in [0.1, 0.15) is 15.6 Å². The molecule has 2 aromatic heterocycles. The van der Waals surface area contributed by atoms with Crippen LogP contribution < -0.4 is 5.32 Å². The number of urea groups is 1. The monoisotopic (exact) mass is 342 g/mol. The van der Waals surface area contributed by atoms with Gasteiger partial charge in [0.25, 0.3) is 0 Å². The lowest BCUT2D eigenvalue weighted by molar-refractivity contribution is 0.206. The van der Waals surface area contributed by atoms with E-state index in [1.54, 1.807) is 24.5 Å². The highest BCUT2D eigenvalue weighted by Crippen LogP contribution is 2.11. The molecule has 2 amide bonds. The first kappa shape index (κ1) is 16.1. The van der Waals surface area contributed by atoms with E-state index in [0.29, 0.717) is 13.1 Å². The summed E-state index contributed by atoms with van der Waals surface area (Å²) in [5.41, 5.74) is 2.03. The van der Waals surface area contributed by atoms with E-state index >= 15 is 0 Å². The molecule has 0 atom stereocenters. The summed E-state index contributed by atoms with van der Waals surface area (Å²) >= 11 is 1.50. The fraction of sp³-hybridized carbons (Fsp3) is 0.250. The average Bonchev–Trinajstić information content (AvgIpc) is 3.25. The van der Waals surface area contributed by atoms with Crippen molar-refractivity contribution < 1.29 is 4.79 Å². The zero-order valence-corrected chi connectivity index (χ0v) is 14.3. The molecule has 7 nitrogen and oxygen atoms in total. The minimum Gasteiger partial charge on any atom is -0.334 e. The van der Waals surface area contributed by atoms with Crippen molar-refractivity contribution in [3.05, 3.63) is 58.6 Å². The van der Waals surface area contributed by atoms with Gasteiger partial charge in [0.15, 0.2) is 0 Å². The number of hydrogen-bond donors (Lipinski definition) is 1. The normalized spacial score (nSPS) is 10.6. The third-order valence-electron chi connectivity index (χ3n) is 3.44. The molecule has 2 heterocycles. The minimum atomic E-state index is -0.143. The Bertz CT molecular complexity index is 814. The summed E-state index contributed by atoms with van der Waals surface area (Å²) in [5, 5.41) is 12.6. The van der Waals surface area contributed by atoms with Crippen LogP contribution in [0.5, 0.6) is 0 Å². The molecule has 1 N–H and O–H groups in total. The zero-order chi connectivity index (χ0) is 16.9. The van der Waals surface area contributed by atoms with Gasteiger partial charge in [0.1, 0.15) is 10.0 Å². The summed E-state index contributed by atoms with van der Waals surface area (Å²) < 4.78 is 1.93. The van der Waals surface area contributed by atoms with E-state index in [0.717, 1.165) is 21.3 Å². The van der Waals surface area contributed by atoms with Crippen LogP contribution in [-0.2, 0) is 13.1 Å². The second-order valence-electron chi connectivity index (χ2n) is 5.37. The molecule has 8 heteroatoms. The van der Waals surface area contributed by atoms with Gasteiger partial charge in [0, 0.05) is 31.7 Å². The average molecular weight is 342 g/mol. The van der Waals surface area contributed by atoms with E-state index in [4.69, 9.17) is 0 Å². The smallest absolute Gasteiger partial charge is 0.317 e. The highest BCUT2D eigenvalue weighted by atomic mass is 32.1. The van der Waals surface area contributed by atoms with Gasteiger partial charge in [-0.05, 0) is 24.6 Å². The van der Waals surface area contributed by atoms with Crippen LogP contribution in [-0.4, -0.2) is 37.7 Å². The molecule has 24 heavy (non-hydrogen) atoms. The van der Waals surface area contributed by atoms with Gasteiger partial charge in [0.05, 0.1) is 12.9 Å². The molecule has 0 saturated heterocycles. The van der Waals surface area contributed by atoms with Crippen LogP contribution in [0, 0.1) is 6.92 Å². The van der Waals surface area contributed by atoms with E-state index in [1.807, 2.05) is 42.0 Å². The Morgan fingerprint density at radius 2 is 2.25 bits per heavy atom. The summed E-state index contributed by atoms with van der Waals surface area (Å²) in [6.07, 6.45) is 5.36. The van der Waals surface area contributed by atoms with Crippen LogP contribution in [0.25, 0.3) is 5.69 Å². The van der Waals surface area contributed by atoms with Crippen molar-refractivity contribution in [1.29, 1.82) is 0 Å². The second kappa shape index (κ2) is 7.22. The van der Waals surface area contributed by atoms with Gasteiger partial charge in [0.2, 0.25) is 0 Å². The fourth-order valence-corrected chi connectivity index (χ4v) is 2.99. The first-order valence-corrected chi connectivity index (χ1v) is 8.28. The lowest BCUT2D eigenvalue weighted by Gasteiger charge is -2.16. The number of hydrogen-bond acceptors (Lipinski definition) is 5. The largest absolute Gasteiger partial charge is 0.334 e. The van der Waals surface area contributed by atoms with Crippen molar-refractivity contribution in [3.63, 3.8) is 0 Å². The Kier molecular flexibility index (Phi) is 4.85. The first-order valence-electron chi connectivity index (χ1n) is 7.47. The van der Waals surface area contributed by atoms with E-state index in [9.17, 15) is 4.79 Å². The van der Waals surface area contributed by atoms with Gasteiger partial charge in [-0.1, -0.05) is 23.5 Å². The molecular weight excluding hydrogens is 324 g/mol. The standard InChI is InChI=1S/C16H18N6OS/c1-12-19-20-15(24-12)10-21(2)16(23)18-9-13-4-3-5-14(8-13)22-7-6-17-11-22/h3-8,11H,9-10H2,1-2H3,(H,18,23). The van der Waals surface area contributed by atoms with Crippen LogP contribution in [0.3, 0.4) is 0 Å². The number of carbonyl (C=O) groups excluding carboxylic acids is 1. The number of rotatable bonds is 5. The number of nitrogens with zero attached hydrogens (tertiary/aromatic N) is 5. The van der Waals surface area contributed by atoms with Crippen molar-refractivity contribution in [2.45, 2.75) is 20.0 Å². The summed E-state index contributed by atoms with van der Waals surface area (Å²) in [6, 6.07) is 7.82. The van der Waals surface area contributed by atoms with Crippen LogP contribution in [0.4, 0.5) is 4.79 Å². The molecule has 3 rings (SSSR count). The van der Waals surface area contributed by atoms with Crippen molar-refractivity contribution in [2.24, 2.45) is 0 Å². The predicted molar refractivity (Wildman–Crippen MR) is 91.9 cm³/mol.